The van der Waals surface area contributed by atoms with Crippen LogP contribution in [0.1, 0.15) is 27.9 Å². The van der Waals surface area contributed by atoms with E-state index < -0.39 is 11.9 Å². The lowest BCUT2D eigenvalue weighted by Crippen LogP contribution is -2.43. The van der Waals surface area contributed by atoms with Gasteiger partial charge in [0.15, 0.2) is 0 Å². The normalized spacial score (nSPS) is 21.3. The van der Waals surface area contributed by atoms with E-state index in [1.54, 1.807) is 13.0 Å². The van der Waals surface area contributed by atoms with Gasteiger partial charge in [0.2, 0.25) is 5.91 Å². The number of nitrogens with one attached hydrogen (secondary N) is 1. The lowest BCUT2D eigenvalue weighted by Gasteiger charge is -2.23. The molecule has 1 aromatic rings. The molecule has 2 amide bonds. The molecular weight excluding hydrogens is 292 g/mol. The van der Waals surface area contributed by atoms with Crippen molar-refractivity contribution in [3.63, 3.8) is 0 Å². The third kappa shape index (κ3) is 3.41. The molecular formula is C14H18N2O4S. The number of likely N-dealkylation sites (tertiary alicyclic amines) is 1. The molecule has 114 valence electrons. The van der Waals surface area contributed by atoms with E-state index in [-0.39, 0.29) is 24.4 Å². The van der Waals surface area contributed by atoms with Crippen LogP contribution in [0.4, 0.5) is 0 Å². The largest absolute Gasteiger partial charge is 0.481 e. The topological polar surface area (TPSA) is 86.7 Å². The number of carboxylic acids is 1. The average molecular weight is 310 g/mol. The van der Waals surface area contributed by atoms with Gasteiger partial charge in [0.05, 0.1) is 17.3 Å². The summed E-state index contributed by atoms with van der Waals surface area (Å²) in [7, 11) is 0. The van der Waals surface area contributed by atoms with Gasteiger partial charge in [0, 0.05) is 17.5 Å². The second-order valence-electron chi connectivity index (χ2n) is 5.15. The van der Waals surface area contributed by atoms with Crippen LogP contribution in [0.2, 0.25) is 0 Å². The molecule has 1 aliphatic heterocycles. The number of aryl methyl sites for hydroxylation is 1. The van der Waals surface area contributed by atoms with E-state index in [1.165, 1.54) is 16.2 Å². The zero-order chi connectivity index (χ0) is 15.6. The first-order chi connectivity index (χ1) is 9.90. The Balaban J connectivity index is 1.88. The van der Waals surface area contributed by atoms with Crippen molar-refractivity contribution >= 4 is 29.1 Å². The van der Waals surface area contributed by atoms with Gasteiger partial charge in [-0.1, -0.05) is 0 Å². The molecule has 0 aliphatic carbocycles. The van der Waals surface area contributed by atoms with Crippen LogP contribution in [0.3, 0.4) is 0 Å². The molecule has 1 aliphatic rings. The number of rotatable bonds is 4. The fourth-order valence-corrected chi connectivity index (χ4v) is 3.31. The highest BCUT2D eigenvalue weighted by Crippen LogP contribution is 2.24. The van der Waals surface area contributed by atoms with Gasteiger partial charge in [-0.2, -0.15) is 0 Å². The van der Waals surface area contributed by atoms with E-state index in [0.717, 1.165) is 4.88 Å². The summed E-state index contributed by atoms with van der Waals surface area (Å²) in [6.45, 7) is 3.95. The second kappa shape index (κ2) is 6.26. The van der Waals surface area contributed by atoms with Gasteiger partial charge in [-0.3, -0.25) is 14.4 Å². The third-order valence-corrected chi connectivity index (χ3v) is 4.76. The fraction of sp³-hybridized carbons (Fsp3) is 0.500. The number of nitrogens with zero attached hydrogens (tertiary/aromatic N) is 1. The summed E-state index contributed by atoms with van der Waals surface area (Å²) >= 11 is 1.37. The maximum Gasteiger partial charge on any atom is 0.308 e. The van der Waals surface area contributed by atoms with Crippen molar-refractivity contribution in [1.82, 2.24) is 10.2 Å². The Bertz CT molecular complexity index is 569. The van der Waals surface area contributed by atoms with Gasteiger partial charge >= 0.3 is 5.97 Å². The second-order valence-corrected chi connectivity index (χ2v) is 6.44. The molecule has 7 heteroatoms. The van der Waals surface area contributed by atoms with E-state index in [0.29, 0.717) is 17.8 Å². The molecule has 1 saturated heterocycles. The fourth-order valence-electron chi connectivity index (χ4n) is 2.52. The average Bonchev–Trinajstić information content (AvgIpc) is 3.01. The number of aliphatic carboxylic acids is 1. The minimum atomic E-state index is -0.879. The molecule has 2 unspecified atom stereocenters. The van der Waals surface area contributed by atoms with Crippen LogP contribution in [-0.2, 0) is 9.59 Å². The van der Waals surface area contributed by atoms with E-state index in [9.17, 15) is 14.4 Å². The van der Waals surface area contributed by atoms with E-state index in [2.05, 4.69) is 5.32 Å². The number of hydrogen-bond donors (Lipinski definition) is 2. The Labute approximate surface area is 126 Å². The zero-order valence-corrected chi connectivity index (χ0v) is 12.8. The predicted octanol–water partition coefficient (Wildman–Crippen LogP) is 1.11. The number of thiophene rings is 1. The smallest absolute Gasteiger partial charge is 0.308 e. The van der Waals surface area contributed by atoms with Crippen molar-refractivity contribution in [2.24, 2.45) is 5.92 Å². The van der Waals surface area contributed by atoms with Crippen LogP contribution in [0.15, 0.2) is 12.1 Å². The Morgan fingerprint density at radius 2 is 2.14 bits per heavy atom. The van der Waals surface area contributed by atoms with Crippen LogP contribution in [0.5, 0.6) is 0 Å². The van der Waals surface area contributed by atoms with Gasteiger partial charge in [-0.05, 0) is 32.4 Å². The maximum atomic E-state index is 12.1. The minimum absolute atomic E-state index is 0.105. The summed E-state index contributed by atoms with van der Waals surface area (Å²) in [5.74, 6) is -1.92. The van der Waals surface area contributed by atoms with Gasteiger partial charge in [0.25, 0.3) is 5.91 Å². The maximum absolute atomic E-state index is 12.1. The molecule has 1 fully saturated rings. The summed E-state index contributed by atoms with van der Waals surface area (Å²) < 4.78 is 0. The molecule has 0 bridgehead atoms. The first-order valence-electron chi connectivity index (χ1n) is 6.77. The van der Waals surface area contributed by atoms with Crippen molar-refractivity contribution in [2.75, 3.05) is 13.1 Å². The molecule has 0 spiro atoms. The Hall–Kier alpha value is -1.89. The predicted molar refractivity (Wildman–Crippen MR) is 78.3 cm³/mol. The molecule has 6 nitrogen and oxygen atoms in total. The monoisotopic (exact) mass is 310 g/mol. The first kappa shape index (κ1) is 15.5. The Morgan fingerprint density at radius 1 is 1.43 bits per heavy atom. The highest BCUT2D eigenvalue weighted by atomic mass is 32.1. The molecule has 2 heterocycles. The highest BCUT2D eigenvalue weighted by Gasteiger charge is 2.37. The minimum Gasteiger partial charge on any atom is -0.481 e. The number of carboxylic acid groups (broad SMARTS) is 1. The van der Waals surface area contributed by atoms with Gasteiger partial charge < -0.3 is 15.3 Å². The number of hydrogen-bond acceptors (Lipinski definition) is 4. The zero-order valence-electron chi connectivity index (χ0n) is 12.0. The van der Waals surface area contributed by atoms with Crippen molar-refractivity contribution in [3.8, 4) is 0 Å². The third-order valence-electron chi connectivity index (χ3n) is 3.76. The molecule has 1 aromatic heterocycles. The van der Waals surface area contributed by atoms with Crippen LogP contribution >= 0.6 is 11.3 Å². The summed E-state index contributed by atoms with van der Waals surface area (Å²) in [6, 6.07) is 3.23. The molecule has 2 N–H and O–H groups in total. The number of amides is 2. The summed E-state index contributed by atoms with van der Waals surface area (Å²) in [5.41, 5.74) is 0. The van der Waals surface area contributed by atoms with Crippen molar-refractivity contribution in [1.29, 1.82) is 0 Å². The summed E-state index contributed by atoms with van der Waals surface area (Å²) in [6.07, 6.45) is 0.459. The van der Waals surface area contributed by atoms with E-state index >= 15 is 0 Å². The van der Waals surface area contributed by atoms with Crippen LogP contribution < -0.4 is 5.32 Å². The Morgan fingerprint density at radius 3 is 2.67 bits per heavy atom. The van der Waals surface area contributed by atoms with Gasteiger partial charge in [-0.25, -0.2) is 0 Å². The lowest BCUT2D eigenvalue weighted by molar-refractivity contribution is -0.143. The molecule has 2 rings (SSSR count). The molecule has 0 saturated carbocycles. The Kier molecular flexibility index (Phi) is 4.62. The van der Waals surface area contributed by atoms with Gasteiger partial charge in [0.1, 0.15) is 0 Å². The van der Waals surface area contributed by atoms with Gasteiger partial charge in [-0.15, -0.1) is 11.3 Å². The van der Waals surface area contributed by atoms with Crippen molar-refractivity contribution in [3.05, 3.63) is 21.9 Å². The quantitative estimate of drug-likeness (QED) is 0.872. The number of carbonyl (C=O) groups is 3. The van der Waals surface area contributed by atoms with Crippen LogP contribution in [0, 0.1) is 12.8 Å². The summed E-state index contributed by atoms with van der Waals surface area (Å²) in [5, 5.41) is 11.6. The van der Waals surface area contributed by atoms with Crippen LogP contribution in [0.25, 0.3) is 0 Å². The number of carbonyl (C=O) groups excluding carboxylic acids is 2. The lowest BCUT2D eigenvalue weighted by atomic mass is 10.0. The van der Waals surface area contributed by atoms with Crippen LogP contribution in [-0.4, -0.2) is 46.9 Å². The highest BCUT2D eigenvalue weighted by molar-refractivity contribution is 7.13. The van der Waals surface area contributed by atoms with E-state index in [1.807, 2.05) is 13.0 Å². The molecule has 21 heavy (non-hydrogen) atoms. The summed E-state index contributed by atoms with van der Waals surface area (Å²) in [4.78, 5) is 38.1. The SMILES string of the molecule is Cc1ccc(C(=O)NCC(=O)N2CCC(C(=O)O)C2C)s1. The molecule has 0 aromatic carbocycles. The standard InChI is InChI=1S/C14H18N2O4S/c1-8-3-4-11(21-8)13(18)15-7-12(17)16-6-5-10(9(16)2)14(19)20/h3-4,9-10H,5-7H2,1-2H3,(H,15,18)(H,19,20). The van der Waals surface area contributed by atoms with E-state index in [4.69, 9.17) is 5.11 Å². The molecule has 2 atom stereocenters. The van der Waals surface area contributed by atoms with Crippen molar-refractivity contribution in [2.45, 2.75) is 26.3 Å². The first-order valence-corrected chi connectivity index (χ1v) is 7.58. The van der Waals surface area contributed by atoms with Crippen molar-refractivity contribution < 1.29 is 19.5 Å². The molecule has 0 radical (unpaired) electrons.